The van der Waals surface area contributed by atoms with Gasteiger partial charge in [0.15, 0.2) is 21.7 Å². The molecule has 3 aromatic heterocycles. The lowest BCUT2D eigenvalue weighted by Gasteiger charge is -1.90. The number of anilines is 2. The predicted octanol–water partition coefficient (Wildman–Crippen LogP) is 2.64. The van der Waals surface area contributed by atoms with Crippen LogP contribution in [0.2, 0.25) is 0 Å². The molecule has 0 aliphatic heterocycles. The molecule has 7 nitrogen and oxygen atoms in total. The molecule has 0 saturated heterocycles. The monoisotopic (exact) mass is 426 g/mol. The highest BCUT2D eigenvalue weighted by Crippen LogP contribution is 2.31. The summed E-state index contributed by atoms with van der Waals surface area (Å²) in [5.41, 5.74) is 13.4. The molecule has 0 aliphatic carbocycles. The lowest BCUT2D eigenvalue weighted by Crippen LogP contribution is -1.87. The van der Waals surface area contributed by atoms with E-state index in [-0.39, 0.29) is 34.0 Å². The van der Waals surface area contributed by atoms with Crippen molar-refractivity contribution in [2.45, 2.75) is 0 Å². The number of hydrogen-bond acceptors (Lipinski definition) is 9. The van der Waals surface area contributed by atoms with Crippen molar-refractivity contribution in [1.29, 1.82) is 0 Å². The van der Waals surface area contributed by atoms with E-state index in [9.17, 15) is 0 Å². The number of hydrogen-bond donors (Lipinski definition) is 2. The smallest absolute Gasteiger partial charge is 0.180 e. The van der Waals surface area contributed by atoms with Crippen LogP contribution in [-0.2, 0) is 0 Å². The van der Waals surface area contributed by atoms with Gasteiger partial charge in [0.05, 0.1) is 0 Å². The van der Waals surface area contributed by atoms with Crippen LogP contribution in [-0.4, -0.2) is 20.3 Å². The molecule has 3 heterocycles. The van der Waals surface area contributed by atoms with Crippen molar-refractivity contribution in [3.63, 3.8) is 0 Å². The molecule has 0 saturated carbocycles. The van der Waals surface area contributed by atoms with E-state index in [0.29, 0.717) is 33.0 Å². The summed E-state index contributed by atoms with van der Waals surface area (Å²) in [6.45, 7) is 0. The number of thiazole rings is 2. The van der Waals surface area contributed by atoms with Crippen LogP contribution in [0.25, 0.3) is 22.8 Å². The van der Waals surface area contributed by atoms with Crippen LogP contribution < -0.4 is 11.5 Å². The van der Waals surface area contributed by atoms with Crippen LogP contribution in [0.3, 0.4) is 0 Å². The fraction of sp³-hybridized carbons (Fsp3) is 0. The minimum absolute atomic E-state index is 0. The highest BCUT2D eigenvalue weighted by molar-refractivity contribution is 8.93. The van der Waals surface area contributed by atoms with Gasteiger partial charge in [-0.3, -0.25) is 0 Å². The Morgan fingerprint density at radius 2 is 1.26 bits per heavy atom. The van der Waals surface area contributed by atoms with E-state index in [0.717, 1.165) is 0 Å². The second-order valence-corrected chi connectivity index (χ2v) is 4.88. The first-order valence-corrected chi connectivity index (χ1v) is 6.25. The van der Waals surface area contributed by atoms with Crippen molar-refractivity contribution in [1.82, 2.24) is 20.3 Å². The van der Waals surface area contributed by atoms with Gasteiger partial charge in [-0.05, 0) is 10.3 Å². The first-order chi connectivity index (χ1) is 8.24. The fourth-order valence-corrected chi connectivity index (χ4v) is 2.41. The van der Waals surface area contributed by atoms with Gasteiger partial charge in [-0.15, -0.1) is 56.6 Å². The normalized spacial score (nSPS) is 9.68. The van der Waals surface area contributed by atoms with E-state index in [4.69, 9.17) is 16.1 Å². The lowest BCUT2D eigenvalue weighted by molar-refractivity contribution is 0.309. The fourth-order valence-electron chi connectivity index (χ4n) is 1.32. The molecule has 0 fully saturated rings. The largest absolute Gasteiger partial charge is 0.375 e. The van der Waals surface area contributed by atoms with Crippen LogP contribution in [0.5, 0.6) is 0 Å². The maximum Gasteiger partial charge on any atom is 0.180 e. The third-order valence-corrected chi connectivity index (χ3v) is 3.37. The van der Waals surface area contributed by atoms with Crippen LogP contribution in [0, 0.1) is 0 Å². The molecule has 0 aromatic carbocycles. The Kier molecular flexibility index (Phi) is 5.40. The van der Waals surface area contributed by atoms with Gasteiger partial charge in [0.2, 0.25) is 0 Å². The Bertz CT molecular complexity index is 611. The highest BCUT2D eigenvalue weighted by atomic mass is 79.9. The zero-order valence-corrected chi connectivity index (χ0v) is 14.2. The summed E-state index contributed by atoms with van der Waals surface area (Å²) in [4.78, 5) is 8.25. The molecule has 0 spiro atoms. The number of nitrogen functional groups attached to an aromatic ring is 2. The topological polar surface area (TPSA) is 117 Å². The molecule has 11 heteroatoms. The van der Waals surface area contributed by atoms with Crippen LogP contribution in [0.1, 0.15) is 0 Å². The number of halogens is 2. The molecule has 3 rings (SSSR count). The quantitative estimate of drug-likeness (QED) is 0.645. The van der Waals surface area contributed by atoms with Crippen LogP contribution in [0.15, 0.2) is 15.4 Å². The standard InChI is InChI=1S/C8H6N6OS2.2BrH/c9-7-11-3(1-16-7)5-6(14-15-13-5)4-2-17-8(10)12-4;;/h1-2H,(H2,9,11)(H2,10,12);2*1H. The first-order valence-electron chi connectivity index (χ1n) is 4.49. The maximum absolute atomic E-state index is 5.57. The number of aromatic nitrogens is 4. The second-order valence-electron chi connectivity index (χ2n) is 3.10. The van der Waals surface area contributed by atoms with Gasteiger partial charge in [0.1, 0.15) is 11.4 Å². The Labute approximate surface area is 136 Å². The molecule has 3 aromatic rings. The van der Waals surface area contributed by atoms with E-state index in [1.54, 1.807) is 10.8 Å². The average Bonchev–Trinajstić information content (AvgIpc) is 2.96. The molecule has 0 radical (unpaired) electrons. The molecular formula is C8H8Br2N6OS2. The van der Waals surface area contributed by atoms with E-state index in [2.05, 4.69) is 20.3 Å². The number of rotatable bonds is 2. The Balaban J connectivity index is 0.000000902. The van der Waals surface area contributed by atoms with Gasteiger partial charge in [-0.2, -0.15) is 0 Å². The minimum Gasteiger partial charge on any atom is -0.375 e. The Morgan fingerprint density at radius 3 is 1.58 bits per heavy atom. The summed E-state index contributed by atoms with van der Waals surface area (Å²) in [6, 6.07) is 0. The summed E-state index contributed by atoms with van der Waals surface area (Å²) in [6.07, 6.45) is 0. The van der Waals surface area contributed by atoms with E-state index in [1.807, 2.05) is 0 Å². The predicted molar refractivity (Wildman–Crippen MR) is 86.0 cm³/mol. The third-order valence-electron chi connectivity index (χ3n) is 2.02. The zero-order valence-electron chi connectivity index (χ0n) is 9.14. The van der Waals surface area contributed by atoms with Crippen molar-refractivity contribution in [2.24, 2.45) is 0 Å². The molecule has 0 amide bonds. The van der Waals surface area contributed by atoms with Gasteiger partial charge < -0.3 is 11.5 Å². The van der Waals surface area contributed by atoms with Crippen molar-refractivity contribution < 1.29 is 4.63 Å². The van der Waals surface area contributed by atoms with Crippen LogP contribution >= 0.6 is 56.6 Å². The number of nitrogens with zero attached hydrogens (tertiary/aromatic N) is 4. The Hall–Kier alpha value is -1.04. The van der Waals surface area contributed by atoms with Crippen molar-refractivity contribution in [3.8, 4) is 22.8 Å². The molecule has 19 heavy (non-hydrogen) atoms. The van der Waals surface area contributed by atoms with Gasteiger partial charge >= 0.3 is 0 Å². The second kappa shape index (κ2) is 6.41. The summed E-state index contributed by atoms with van der Waals surface area (Å²) >= 11 is 2.65. The number of nitrogens with two attached hydrogens (primary N) is 2. The third kappa shape index (κ3) is 3.11. The summed E-state index contributed by atoms with van der Waals surface area (Å²) in [5.74, 6) is 0. The van der Waals surface area contributed by atoms with E-state index in [1.165, 1.54) is 22.7 Å². The van der Waals surface area contributed by atoms with Gasteiger partial charge in [0, 0.05) is 10.8 Å². The van der Waals surface area contributed by atoms with E-state index < -0.39 is 0 Å². The van der Waals surface area contributed by atoms with Crippen molar-refractivity contribution >= 4 is 66.9 Å². The molecule has 0 bridgehead atoms. The van der Waals surface area contributed by atoms with E-state index >= 15 is 0 Å². The van der Waals surface area contributed by atoms with Crippen molar-refractivity contribution in [3.05, 3.63) is 10.8 Å². The summed E-state index contributed by atoms with van der Waals surface area (Å²) in [7, 11) is 0. The minimum atomic E-state index is 0. The van der Waals surface area contributed by atoms with Gasteiger partial charge in [-0.25, -0.2) is 14.6 Å². The maximum atomic E-state index is 5.57. The average molecular weight is 428 g/mol. The van der Waals surface area contributed by atoms with Gasteiger partial charge in [-0.1, -0.05) is 0 Å². The zero-order chi connectivity index (χ0) is 11.8. The van der Waals surface area contributed by atoms with Gasteiger partial charge in [0.25, 0.3) is 0 Å². The summed E-state index contributed by atoms with van der Waals surface area (Å²) < 4.78 is 4.72. The first kappa shape index (κ1) is 16.0. The molecule has 0 aliphatic rings. The highest BCUT2D eigenvalue weighted by Gasteiger charge is 2.18. The Morgan fingerprint density at radius 1 is 0.842 bits per heavy atom. The van der Waals surface area contributed by atoms with Crippen LogP contribution in [0.4, 0.5) is 10.3 Å². The summed E-state index contributed by atoms with van der Waals surface area (Å²) in [5, 5.41) is 12.1. The van der Waals surface area contributed by atoms with Crippen molar-refractivity contribution in [2.75, 3.05) is 11.5 Å². The molecule has 0 unspecified atom stereocenters. The molecule has 4 N–H and O–H groups in total. The molecular weight excluding hydrogens is 420 g/mol. The lowest BCUT2D eigenvalue weighted by atomic mass is 10.2. The SMILES string of the molecule is Br.Br.Nc1nc(-c2nonc2-c2csc(N)n2)cs1. The molecule has 0 atom stereocenters. The molecule has 102 valence electrons.